The second kappa shape index (κ2) is 4.74. The predicted octanol–water partition coefficient (Wildman–Crippen LogP) is 3.30. The molecule has 100 valence electrons. The van der Waals surface area contributed by atoms with Crippen LogP contribution in [-0.2, 0) is 5.60 Å². The maximum atomic E-state index is 10.0. The Bertz CT molecular complexity index is 613. The lowest BCUT2D eigenvalue weighted by Crippen LogP contribution is -2.19. The molecule has 0 unspecified atom stereocenters. The van der Waals surface area contributed by atoms with Crippen molar-refractivity contribution < 1.29 is 5.11 Å². The van der Waals surface area contributed by atoms with Crippen molar-refractivity contribution in [2.24, 2.45) is 0 Å². The van der Waals surface area contributed by atoms with Crippen LogP contribution in [0.2, 0.25) is 0 Å². The van der Waals surface area contributed by atoms with Crippen LogP contribution < -0.4 is 0 Å². The average molecular weight is 256 g/mol. The molecule has 0 bridgehead atoms. The van der Waals surface area contributed by atoms with E-state index in [4.69, 9.17) is 0 Å². The molecule has 0 atom stereocenters. The van der Waals surface area contributed by atoms with Gasteiger partial charge in [-0.1, -0.05) is 6.07 Å². The van der Waals surface area contributed by atoms with Gasteiger partial charge in [0.2, 0.25) is 0 Å². The summed E-state index contributed by atoms with van der Waals surface area (Å²) in [7, 11) is 0. The predicted molar refractivity (Wildman–Crippen MR) is 76.9 cm³/mol. The third kappa shape index (κ3) is 2.82. The number of hydrogen-bond acceptors (Lipinski definition) is 3. The highest BCUT2D eigenvalue weighted by atomic mass is 16.3. The van der Waals surface area contributed by atoms with E-state index in [0.717, 1.165) is 11.3 Å². The van der Waals surface area contributed by atoms with Crippen molar-refractivity contribution in [3.63, 3.8) is 0 Å². The summed E-state index contributed by atoms with van der Waals surface area (Å²) >= 11 is 0. The van der Waals surface area contributed by atoms with E-state index in [2.05, 4.69) is 42.9 Å². The lowest BCUT2D eigenvalue weighted by molar-refractivity contribution is 0.0688. The van der Waals surface area contributed by atoms with Gasteiger partial charge >= 0.3 is 0 Å². The first-order valence-corrected chi connectivity index (χ1v) is 6.43. The molecular weight excluding hydrogens is 236 g/mol. The van der Waals surface area contributed by atoms with Gasteiger partial charge in [0, 0.05) is 11.8 Å². The van der Waals surface area contributed by atoms with Crippen LogP contribution in [0.4, 0.5) is 0 Å². The van der Waals surface area contributed by atoms with Gasteiger partial charge in [-0.25, -0.2) is 9.97 Å². The summed E-state index contributed by atoms with van der Waals surface area (Å²) in [6.07, 6.45) is 1.70. The minimum absolute atomic E-state index is 0.447. The van der Waals surface area contributed by atoms with E-state index < -0.39 is 5.60 Å². The molecule has 1 heterocycles. The smallest absolute Gasteiger partial charge is 0.159 e. The molecule has 0 aliphatic rings. The summed E-state index contributed by atoms with van der Waals surface area (Å²) in [6, 6.07) is 6.18. The fraction of sp³-hybridized carbons (Fsp3) is 0.375. The zero-order valence-corrected chi connectivity index (χ0v) is 12.2. The van der Waals surface area contributed by atoms with Crippen LogP contribution >= 0.6 is 0 Å². The van der Waals surface area contributed by atoms with Crippen LogP contribution in [0.3, 0.4) is 0 Å². The van der Waals surface area contributed by atoms with Gasteiger partial charge in [0.25, 0.3) is 0 Å². The van der Waals surface area contributed by atoms with Crippen LogP contribution in [0.15, 0.2) is 24.4 Å². The minimum atomic E-state index is -1.02. The van der Waals surface area contributed by atoms with Crippen molar-refractivity contribution in [1.29, 1.82) is 0 Å². The van der Waals surface area contributed by atoms with Crippen LogP contribution in [0.1, 0.15) is 36.4 Å². The second-order valence-electron chi connectivity index (χ2n) is 5.58. The summed E-state index contributed by atoms with van der Waals surface area (Å²) in [5.74, 6) is 0.447. The molecule has 0 saturated carbocycles. The SMILES string of the molecule is Cc1cc(C)c(-c2ccnc(C(C)(C)O)n2)cc1C. The number of aryl methyl sites for hydroxylation is 3. The third-order valence-corrected chi connectivity index (χ3v) is 3.32. The molecule has 0 radical (unpaired) electrons. The van der Waals surface area contributed by atoms with Gasteiger partial charge < -0.3 is 5.11 Å². The lowest BCUT2D eigenvalue weighted by atomic mass is 9.98. The first-order chi connectivity index (χ1) is 8.79. The zero-order chi connectivity index (χ0) is 14.2. The van der Waals surface area contributed by atoms with Crippen molar-refractivity contribution in [3.05, 3.63) is 46.9 Å². The summed E-state index contributed by atoms with van der Waals surface area (Å²) in [4.78, 5) is 8.63. The average Bonchev–Trinajstić information content (AvgIpc) is 2.33. The summed E-state index contributed by atoms with van der Waals surface area (Å²) in [6.45, 7) is 9.66. The van der Waals surface area contributed by atoms with E-state index in [1.54, 1.807) is 20.0 Å². The summed E-state index contributed by atoms with van der Waals surface area (Å²) < 4.78 is 0. The Kier molecular flexibility index (Phi) is 3.42. The van der Waals surface area contributed by atoms with Crippen molar-refractivity contribution in [2.75, 3.05) is 0 Å². The van der Waals surface area contributed by atoms with Gasteiger partial charge in [-0.2, -0.15) is 0 Å². The zero-order valence-electron chi connectivity index (χ0n) is 12.2. The molecule has 1 N–H and O–H groups in total. The highest BCUT2D eigenvalue weighted by Gasteiger charge is 2.20. The van der Waals surface area contributed by atoms with Gasteiger partial charge in [-0.3, -0.25) is 0 Å². The maximum Gasteiger partial charge on any atom is 0.159 e. The minimum Gasteiger partial charge on any atom is -0.382 e. The van der Waals surface area contributed by atoms with Gasteiger partial charge in [-0.15, -0.1) is 0 Å². The number of aliphatic hydroxyl groups is 1. The Morgan fingerprint density at radius 3 is 2.26 bits per heavy atom. The topological polar surface area (TPSA) is 46.0 Å². The van der Waals surface area contributed by atoms with Gasteiger partial charge in [0.15, 0.2) is 5.82 Å². The van der Waals surface area contributed by atoms with Crippen molar-refractivity contribution in [1.82, 2.24) is 9.97 Å². The molecule has 0 spiro atoms. The Labute approximate surface area is 114 Å². The third-order valence-electron chi connectivity index (χ3n) is 3.32. The Hall–Kier alpha value is -1.74. The quantitative estimate of drug-likeness (QED) is 0.896. The summed E-state index contributed by atoms with van der Waals surface area (Å²) in [5, 5.41) is 10.0. The molecule has 3 heteroatoms. The van der Waals surface area contributed by atoms with E-state index >= 15 is 0 Å². The van der Waals surface area contributed by atoms with Crippen molar-refractivity contribution in [2.45, 2.75) is 40.2 Å². The number of rotatable bonds is 2. The molecule has 2 rings (SSSR count). The van der Waals surface area contributed by atoms with E-state index in [9.17, 15) is 5.11 Å². The standard InChI is InChI=1S/C16H20N2O/c1-10-8-12(3)13(9-11(10)2)14-6-7-17-15(18-14)16(4,5)19/h6-9,19H,1-5H3. The molecular formula is C16H20N2O. The van der Waals surface area contributed by atoms with E-state index in [1.165, 1.54) is 16.7 Å². The summed E-state index contributed by atoms with van der Waals surface area (Å²) in [5.41, 5.74) is 4.62. The van der Waals surface area contributed by atoms with Crippen LogP contribution in [0, 0.1) is 20.8 Å². The fourth-order valence-electron chi connectivity index (χ4n) is 2.04. The maximum absolute atomic E-state index is 10.0. The van der Waals surface area contributed by atoms with Crippen LogP contribution in [0.25, 0.3) is 11.3 Å². The van der Waals surface area contributed by atoms with Gasteiger partial charge in [0.1, 0.15) is 5.60 Å². The number of aromatic nitrogens is 2. The number of hydrogen-bond donors (Lipinski definition) is 1. The van der Waals surface area contributed by atoms with Gasteiger partial charge in [-0.05, 0) is 63.4 Å². The van der Waals surface area contributed by atoms with E-state index in [-0.39, 0.29) is 0 Å². The first-order valence-electron chi connectivity index (χ1n) is 6.43. The number of benzene rings is 1. The van der Waals surface area contributed by atoms with Crippen molar-refractivity contribution >= 4 is 0 Å². The second-order valence-corrected chi connectivity index (χ2v) is 5.58. The molecule has 19 heavy (non-hydrogen) atoms. The molecule has 0 fully saturated rings. The Morgan fingerprint density at radius 1 is 1.00 bits per heavy atom. The molecule has 3 nitrogen and oxygen atoms in total. The molecule has 1 aromatic heterocycles. The normalized spacial score (nSPS) is 11.7. The van der Waals surface area contributed by atoms with Crippen LogP contribution in [-0.4, -0.2) is 15.1 Å². The van der Waals surface area contributed by atoms with Crippen molar-refractivity contribution in [3.8, 4) is 11.3 Å². The van der Waals surface area contributed by atoms with E-state index in [1.807, 2.05) is 6.07 Å². The molecule has 0 aliphatic carbocycles. The fourth-order valence-corrected chi connectivity index (χ4v) is 2.04. The number of nitrogens with zero attached hydrogens (tertiary/aromatic N) is 2. The molecule has 0 amide bonds. The molecule has 0 saturated heterocycles. The highest BCUT2D eigenvalue weighted by molar-refractivity contribution is 5.65. The largest absolute Gasteiger partial charge is 0.382 e. The Balaban J connectivity index is 2.57. The molecule has 1 aromatic carbocycles. The van der Waals surface area contributed by atoms with Crippen LogP contribution in [0.5, 0.6) is 0 Å². The first kappa shape index (κ1) is 13.7. The molecule has 2 aromatic rings. The van der Waals surface area contributed by atoms with Gasteiger partial charge in [0.05, 0.1) is 5.69 Å². The molecule has 0 aliphatic heterocycles. The highest BCUT2D eigenvalue weighted by Crippen LogP contribution is 2.26. The lowest BCUT2D eigenvalue weighted by Gasteiger charge is -2.16. The Morgan fingerprint density at radius 2 is 1.63 bits per heavy atom. The monoisotopic (exact) mass is 256 g/mol. The van der Waals surface area contributed by atoms with E-state index in [0.29, 0.717) is 5.82 Å².